The third kappa shape index (κ3) is 20.4. The number of hydrogen-bond acceptors (Lipinski definition) is 4. The van der Waals surface area contributed by atoms with Crippen LogP contribution in [-0.2, 0) is 14.3 Å². The first-order valence-corrected chi connectivity index (χ1v) is 12.3. The zero-order valence-corrected chi connectivity index (χ0v) is 20.1. The minimum Gasteiger partial charge on any atom is -0.457 e. The molecule has 0 aromatic carbocycles. The molecule has 0 aromatic heterocycles. The number of aliphatic hydroxyl groups excluding tert-OH is 1. The molecule has 0 fully saturated rings. The Morgan fingerprint density at radius 3 is 1.83 bits per heavy atom. The van der Waals surface area contributed by atoms with E-state index in [1.807, 2.05) is 27.7 Å². The van der Waals surface area contributed by atoms with Crippen molar-refractivity contribution < 1.29 is 19.4 Å². The lowest BCUT2D eigenvalue weighted by atomic mass is 10.0. The lowest BCUT2D eigenvalue weighted by Crippen LogP contribution is -2.34. The summed E-state index contributed by atoms with van der Waals surface area (Å²) >= 11 is 0. The molecule has 4 nitrogen and oxygen atoms in total. The van der Waals surface area contributed by atoms with Crippen LogP contribution in [0, 0.1) is 0 Å². The number of ether oxygens (including phenoxy) is 2. The third-order valence-corrected chi connectivity index (χ3v) is 5.21. The van der Waals surface area contributed by atoms with Gasteiger partial charge in [-0.25, -0.2) is 0 Å². The quantitative estimate of drug-likeness (QED) is 0.173. The molecule has 0 heterocycles. The van der Waals surface area contributed by atoms with Gasteiger partial charge in [0.15, 0.2) is 0 Å². The predicted molar refractivity (Wildman–Crippen MR) is 122 cm³/mol. The van der Waals surface area contributed by atoms with Gasteiger partial charge in [-0.15, -0.1) is 0 Å². The Morgan fingerprint density at radius 2 is 1.31 bits per heavy atom. The molecule has 0 radical (unpaired) electrons. The topological polar surface area (TPSA) is 55.8 Å². The van der Waals surface area contributed by atoms with Crippen LogP contribution in [0.1, 0.15) is 131 Å². The van der Waals surface area contributed by atoms with Gasteiger partial charge in [-0.2, -0.15) is 0 Å². The van der Waals surface area contributed by atoms with Crippen molar-refractivity contribution in [2.24, 2.45) is 0 Å². The van der Waals surface area contributed by atoms with E-state index >= 15 is 0 Å². The minimum absolute atomic E-state index is 0.0893. The largest absolute Gasteiger partial charge is 0.457 e. The number of carbonyl (C=O) groups is 1. The zero-order valence-electron chi connectivity index (χ0n) is 20.1. The maximum Gasteiger partial charge on any atom is 0.306 e. The highest BCUT2D eigenvalue weighted by Crippen LogP contribution is 2.16. The molecule has 1 N–H and O–H groups in total. The molecule has 174 valence electrons. The molecule has 0 aromatic rings. The van der Waals surface area contributed by atoms with Gasteiger partial charge in [0, 0.05) is 6.42 Å². The number of hydrogen-bond donors (Lipinski definition) is 1. The number of carbonyl (C=O) groups excluding carboxylic acids is 1. The van der Waals surface area contributed by atoms with E-state index in [1.165, 1.54) is 57.8 Å². The Balaban J connectivity index is 3.45. The van der Waals surface area contributed by atoms with Gasteiger partial charge in [0.1, 0.15) is 5.60 Å². The maximum atomic E-state index is 12.0. The van der Waals surface area contributed by atoms with Gasteiger partial charge in [0.05, 0.1) is 18.8 Å². The average Bonchev–Trinajstić information content (AvgIpc) is 2.65. The number of rotatable bonds is 20. The van der Waals surface area contributed by atoms with Gasteiger partial charge in [0.2, 0.25) is 0 Å². The Bertz CT molecular complexity index is 379. The molecule has 0 aliphatic heterocycles. The molecule has 0 saturated carbocycles. The summed E-state index contributed by atoms with van der Waals surface area (Å²) in [6.45, 7) is 10.4. The van der Waals surface area contributed by atoms with Crippen LogP contribution in [-0.4, -0.2) is 35.5 Å². The van der Waals surface area contributed by atoms with E-state index in [0.29, 0.717) is 13.0 Å². The summed E-state index contributed by atoms with van der Waals surface area (Å²) in [5, 5.41) is 9.97. The molecule has 0 aliphatic carbocycles. The first-order chi connectivity index (χ1) is 13.8. The van der Waals surface area contributed by atoms with Gasteiger partial charge in [-0.1, -0.05) is 77.6 Å². The van der Waals surface area contributed by atoms with Crippen LogP contribution in [0.15, 0.2) is 0 Å². The Morgan fingerprint density at radius 1 is 0.828 bits per heavy atom. The normalized spacial score (nSPS) is 13.1. The summed E-state index contributed by atoms with van der Waals surface area (Å²) in [5.41, 5.74) is -0.551. The van der Waals surface area contributed by atoms with Crippen LogP contribution in [0.4, 0.5) is 0 Å². The molecule has 0 aliphatic rings. The van der Waals surface area contributed by atoms with Gasteiger partial charge in [-0.05, 0) is 47.0 Å². The van der Waals surface area contributed by atoms with Crippen molar-refractivity contribution in [3.63, 3.8) is 0 Å². The Kier molecular flexibility index (Phi) is 17.8. The summed E-state index contributed by atoms with van der Waals surface area (Å²) in [6.07, 6.45) is 16.8. The van der Waals surface area contributed by atoms with Crippen LogP contribution in [0.25, 0.3) is 0 Å². The van der Waals surface area contributed by atoms with Crippen LogP contribution in [0.2, 0.25) is 0 Å². The molecule has 1 unspecified atom stereocenters. The van der Waals surface area contributed by atoms with Crippen molar-refractivity contribution in [3.8, 4) is 0 Å². The highest BCUT2D eigenvalue weighted by molar-refractivity contribution is 5.69. The van der Waals surface area contributed by atoms with E-state index in [2.05, 4.69) is 6.92 Å². The predicted octanol–water partition coefficient (Wildman–Crippen LogP) is 6.97. The van der Waals surface area contributed by atoms with E-state index < -0.39 is 5.60 Å². The molecule has 0 amide bonds. The number of aliphatic hydroxyl groups is 1. The van der Waals surface area contributed by atoms with Crippen LogP contribution >= 0.6 is 0 Å². The second kappa shape index (κ2) is 18.2. The molecule has 0 spiro atoms. The molecule has 4 heteroatoms. The van der Waals surface area contributed by atoms with E-state index in [-0.39, 0.29) is 18.2 Å². The lowest BCUT2D eigenvalue weighted by Gasteiger charge is -2.26. The second-order valence-corrected chi connectivity index (χ2v) is 9.46. The number of esters is 1. The summed E-state index contributed by atoms with van der Waals surface area (Å²) in [6, 6.07) is 0. The van der Waals surface area contributed by atoms with Crippen molar-refractivity contribution in [2.75, 3.05) is 6.61 Å². The Labute approximate surface area is 181 Å². The lowest BCUT2D eigenvalue weighted by molar-refractivity contribution is -0.163. The van der Waals surface area contributed by atoms with E-state index in [1.54, 1.807) is 0 Å². The standard InChI is InChI=1S/C25H50O4/c1-6-7-8-15-18-23(26)19-16-13-11-9-10-12-14-17-20-24(27)29-25(4,5)21-28-22(2)3/h22-23,26H,6-21H2,1-5H3. The summed E-state index contributed by atoms with van der Waals surface area (Å²) in [5.74, 6) is -0.115. The van der Waals surface area contributed by atoms with Crippen LogP contribution < -0.4 is 0 Å². The smallest absolute Gasteiger partial charge is 0.306 e. The zero-order chi connectivity index (χ0) is 22.0. The molecular formula is C25H50O4. The second-order valence-electron chi connectivity index (χ2n) is 9.46. The molecule has 0 bridgehead atoms. The van der Waals surface area contributed by atoms with E-state index in [9.17, 15) is 9.90 Å². The molecule has 0 rings (SSSR count). The van der Waals surface area contributed by atoms with Crippen LogP contribution in [0.3, 0.4) is 0 Å². The van der Waals surface area contributed by atoms with Gasteiger partial charge < -0.3 is 14.6 Å². The highest BCUT2D eigenvalue weighted by atomic mass is 16.6. The molecular weight excluding hydrogens is 364 g/mol. The van der Waals surface area contributed by atoms with Gasteiger partial charge in [-0.3, -0.25) is 4.79 Å². The Hall–Kier alpha value is -0.610. The first kappa shape index (κ1) is 28.4. The summed E-state index contributed by atoms with van der Waals surface area (Å²) in [7, 11) is 0. The SMILES string of the molecule is CCCCCCC(O)CCCCCCCCCCC(=O)OC(C)(C)COC(C)C. The third-order valence-electron chi connectivity index (χ3n) is 5.21. The van der Waals surface area contributed by atoms with Gasteiger partial charge in [0.25, 0.3) is 0 Å². The van der Waals surface area contributed by atoms with Crippen molar-refractivity contribution in [3.05, 3.63) is 0 Å². The fraction of sp³-hybridized carbons (Fsp3) is 0.960. The fourth-order valence-electron chi connectivity index (χ4n) is 3.42. The van der Waals surface area contributed by atoms with Gasteiger partial charge >= 0.3 is 5.97 Å². The maximum absolute atomic E-state index is 12.0. The van der Waals surface area contributed by atoms with Crippen molar-refractivity contribution in [1.29, 1.82) is 0 Å². The minimum atomic E-state index is -0.551. The molecule has 29 heavy (non-hydrogen) atoms. The molecule has 1 atom stereocenters. The molecule has 0 saturated heterocycles. The highest BCUT2D eigenvalue weighted by Gasteiger charge is 2.23. The van der Waals surface area contributed by atoms with E-state index in [4.69, 9.17) is 9.47 Å². The fourth-order valence-corrected chi connectivity index (χ4v) is 3.42. The number of unbranched alkanes of at least 4 members (excludes halogenated alkanes) is 10. The van der Waals surface area contributed by atoms with Crippen molar-refractivity contribution in [2.45, 2.75) is 149 Å². The van der Waals surface area contributed by atoms with Crippen molar-refractivity contribution >= 4 is 5.97 Å². The summed E-state index contributed by atoms with van der Waals surface area (Å²) < 4.78 is 11.1. The van der Waals surface area contributed by atoms with Crippen molar-refractivity contribution in [1.82, 2.24) is 0 Å². The average molecular weight is 415 g/mol. The summed E-state index contributed by atoms with van der Waals surface area (Å²) in [4.78, 5) is 12.0. The monoisotopic (exact) mass is 414 g/mol. The first-order valence-electron chi connectivity index (χ1n) is 12.3. The van der Waals surface area contributed by atoms with Crippen LogP contribution in [0.5, 0.6) is 0 Å². The van der Waals surface area contributed by atoms with E-state index in [0.717, 1.165) is 32.1 Å².